The van der Waals surface area contributed by atoms with Crippen molar-refractivity contribution in [3.05, 3.63) is 18.2 Å². The molecular formula is C14H23N3O. The van der Waals surface area contributed by atoms with E-state index in [2.05, 4.69) is 21.5 Å². The first kappa shape index (κ1) is 12.2. The Kier molecular flexibility index (Phi) is 3.16. The molecule has 0 saturated heterocycles. The molecule has 1 aromatic heterocycles. The molecule has 0 bridgehead atoms. The van der Waals surface area contributed by atoms with E-state index in [4.69, 9.17) is 0 Å². The van der Waals surface area contributed by atoms with Gasteiger partial charge in [-0.3, -0.25) is 4.90 Å². The Hall–Kier alpha value is -0.870. The van der Waals surface area contributed by atoms with Crippen LogP contribution in [0.1, 0.15) is 50.3 Å². The van der Waals surface area contributed by atoms with Crippen molar-refractivity contribution in [1.82, 2.24) is 14.5 Å². The molecule has 0 atom stereocenters. The molecule has 18 heavy (non-hydrogen) atoms. The Morgan fingerprint density at radius 2 is 2.17 bits per heavy atom. The van der Waals surface area contributed by atoms with Crippen molar-refractivity contribution in [1.29, 1.82) is 0 Å². The monoisotopic (exact) mass is 249 g/mol. The van der Waals surface area contributed by atoms with Gasteiger partial charge in [-0.25, -0.2) is 4.98 Å². The van der Waals surface area contributed by atoms with Crippen LogP contribution in [0, 0.1) is 0 Å². The Morgan fingerprint density at radius 3 is 2.83 bits per heavy atom. The van der Waals surface area contributed by atoms with E-state index in [1.165, 1.54) is 31.4 Å². The van der Waals surface area contributed by atoms with E-state index < -0.39 is 5.60 Å². The Balaban J connectivity index is 1.59. The van der Waals surface area contributed by atoms with Crippen LogP contribution in [0.3, 0.4) is 0 Å². The normalized spacial score (nSPS) is 22.8. The van der Waals surface area contributed by atoms with Crippen molar-refractivity contribution in [3.63, 3.8) is 0 Å². The molecule has 0 amide bonds. The van der Waals surface area contributed by atoms with Gasteiger partial charge in [0.1, 0.15) is 0 Å². The second kappa shape index (κ2) is 4.67. The van der Waals surface area contributed by atoms with Gasteiger partial charge < -0.3 is 9.67 Å². The summed E-state index contributed by atoms with van der Waals surface area (Å²) < 4.78 is 2.30. The van der Waals surface area contributed by atoms with E-state index in [0.717, 1.165) is 25.9 Å². The van der Waals surface area contributed by atoms with Gasteiger partial charge in [-0.1, -0.05) is 12.8 Å². The van der Waals surface area contributed by atoms with Gasteiger partial charge in [0.15, 0.2) is 0 Å². The van der Waals surface area contributed by atoms with Crippen molar-refractivity contribution in [3.8, 4) is 0 Å². The molecule has 1 N–H and O–H groups in total. The SMILES string of the molecule is CN(Cc1cncn1C1CC1)CC1(O)CCCC1. The van der Waals surface area contributed by atoms with Crippen molar-refractivity contribution in [2.24, 2.45) is 0 Å². The van der Waals surface area contributed by atoms with Crippen LogP contribution in [-0.4, -0.2) is 38.8 Å². The second-order valence-corrected chi connectivity index (χ2v) is 6.13. The van der Waals surface area contributed by atoms with E-state index in [-0.39, 0.29) is 0 Å². The molecule has 1 heterocycles. The van der Waals surface area contributed by atoms with Crippen LogP contribution in [0.2, 0.25) is 0 Å². The highest BCUT2D eigenvalue weighted by Crippen LogP contribution is 2.36. The predicted molar refractivity (Wildman–Crippen MR) is 70.2 cm³/mol. The number of hydrogen-bond donors (Lipinski definition) is 1. The molecule has 4 heteroatoms. The highest BCUT2D eigenvalue weighted by atomic mass is 16.3. The van der Waals surface area contributed by atoms with Crippen LogP contribution < -0.4 is 0 Å². The number of likely N-dealkylation sites (N-methyl/N-ethyl adjacent to an activating group) is 1. The number of rotatable bonds is 5. The first-order valence-corrected chi connectivity index (χ1v) is 7.08. The molecule has 4 nitrogen and oxygen atoms in total. The van der Waals surface area contributed by atoms with Gasteiger partial charge in [-0.05, 0) is 32.7 Å². The van der Waals surface area contributed by atoms with Gasteiger partial charge in [0.25, 0.3) is 0 Å². The third kappa shape index (κ3) is 2.59. The minimum atomic E-state index is -0.445. The van der Waals surface area contributed by atoms with Crippen LogP contribution in [0.15, 0.2) is 12.5 Å². The molecule has 0 radical (unpaired) electrons. The topological polar surface area (TPSA) is 41.3 Å². The minimum absolute atomic E-state index is 0.445. The Morgan fingerprint density at radius 1 is 1.44 bits per heavy atom. The number of imidazole rings is 1. The van der Waals surface area contributed by atoms with E-state index in [0.29, 0.717) is 6.04 Å². The summed E-state index contributed by atoms with van der Waals surface area (Å²) in [5.74, 6) is 0. The maximum Gasteiger partial charge on any atom is 0.0951 e. The highest BCUT2D eigenvalue weighted by Gasteiger charge is 2.32. The van der Waals surface area contributed by atoms with Gasteiger partial charge in [0.2, 0.25) is 0 Å². The minimum Gasteiger partial charge on any atom is -0.389 e. The Labute approximate surface area is 109 Å². The molecule has 2 fully saturated rings. The summed E-state index contributed by atoms with van der Waals surface area (Å²) in [6.45, 7) is 1.67. The van der Waals surface area contributed by atoms with Gasteiger partial charge in [-0.2, -0.15) is 0 Å². The van der Waals surface area contributed by atoms with Gasteiger partial charge in [0.05, 0.1) is 17.6 Å². The summed E-state index contributed by atoms with van der Waals surface area (Å²) in [5, 5.41) is 10.4. The fourth-order valence-corrected chi connectivity index (χ4v) is 3.16. The van der Waals surface area contributed by atoms with E-state index in [9.17, 15) is 5.11 Å². The largest absolute Gasteiger partial charge is 0.389 e. The Bertz CT molecular complexity index is 405. The summed E-state index contributed by atoms with van der Waals surface area (Å²) >= 11 is 0. The number of nitrogens with zero attached hydrogens (tertiary/aromatic N) is 3. The zero-order valence-corrected chi connectivity index (χ0v) is 11.2. The van der Waals surface area contributed by atoms with E-state index in [1.54, 1.807) is 0 Å². The summed E-state index contributed by atoms with van der Waals surface area (Å²) in [4.78, 5) is 6.50. The lowest BCUT2D eigenvalue weighted by Crippen LogP contribution is -2.39. The lowest BCUT2D eigenvalue weighted by Gasteiger charge is -2.28. The molecule has 0 aromatic carbocycles. The molecule has 0 aliphatic heterocycles. The molecule has 0 spiro atoms. The van der Waals surface area contributed by atoms with Crippen LogP contribution >= 0.6 is 0 Å². The van der Waals surface area contributed by atoms with Gasteiger partial charge in [0, 0.05) is 25.3 Å². The first-order chi connectivity index (χ1) is 8.66. The van der Waals surface area contributed by atoms with Crippen molar-refractivity contribution >= 4 is 0 Å². The molecule has 100 valence electrons. The lowest BCUT2D eigenvalue weighted by atomic mass is 10.0. The number of aliphatic hydroxyl groups is 1. The van der Waals surface area contributed by atoms with Crippen LogP contribution in [-0.2, 0) is 6.54 Å². The molecule has 0 unspecified atom stereocenters. The molecule has 2 saturated carbocycles. The molecule has 2 aliphatic carbocycles. The third-order valence-corrected chi connectivity index (χ3v) is 4.22. The third-order valence-electron chi connectivity index (χ3n) is 4.22. The zero-order valence-electron chi connectivity index (χ0n) is 11.2. The van der Waals surface area contributed by atoms with Crippen molar-refractivity contribution in [2.45, 2.75) is 56.7 Å². The average molecular weight is 249 g/mol. The fraction of sp³-hybridized carbons (Fsp3) is 0.786. The maximum absolute atomic E-state index is 10.4. The summed E-state index contributed by atoms with van der Waals surface area (Å²) in [6, 6.07) is 0.686. The van der Waals surface area contributed by atoms with E-state index in [1.807, 2.05) is 12.5 Å². The molecule has 1 aromatic rings. The summed E-state index contributed by atoms with van der Waals surface area (Å²) in [6.07, 6.45) is 10.7. The van der Waals surface area contributed by atoms with Crippen molar-refractivity contribution in [2.75, 3.05) is 13.6 Å². The first-order valence-electron chi connectivity index (χ1n) is 7.08. The molecule has 3 rings (SSSR count). The van der Waals surface area contributed by atoms with Crippen LogP contribution in [0.5, 0.6) is 0 Å². The average Bonchev–Trinajstić information content (AvgIpc) is 2.92. The van der Waals surface area contributed by atoms with Gasteiger partial charge >= 0.3 is 0 Å². The summed E-state index contributed by atoms with van der Waals surface area (Å²) in [7, 11) is 2.10. The smallest absolute Gasteiger partial charge is 0.0951 e. The fourth-order valence-electron chi connectivity index (χ4n) is 3.16. The van der Waals surface area contributed by atoms with Crippen molar-refractivity contribution < 1.29 is 5.11 Å². The lowest BCUT2D eigenvalue weighted by molar-refractivity contribution is 0.0140. The number of hydrogen-bond acceptors (Lipinski definition) is 3. The second-order valence-electron chi connectivity index (χ2n) is 6.13. The van der Waals surface area contributed by atoms with Gasteiger partial charge in [-0.15, -0.1) is 0 Å². The van der Waals surface area contributed by atoms with E-state index >= 15 is 0 Å². The predicted octanol–water partition coefficient (Wildman–Crippen LogP) is 1.95. The standard InChI is InChI=1S/C14H23N3O/c1-16(10-14(18)6-2-3-7-14)9-13-8-15-11-17(13)12-4-5-12/h8,11-12,18H,2-7,9-10H2,1H3. The summed E-state index contributed by atoms with van der Waals surface area (Å²) in [5.41, 5.74) is 0.834. The number of aromatic nitrogens is 2. The zero-order chi connectivity index (χ0) is 12.6. The maximum atomic E-state index is 10.4. The quantitative estimate of drug-likeness (QED) is 0.867. The molecular weight excluding hydrogens is 226 g/mol. The molecule has 2 aliphatic rings. The van der Waals surface area contributed by atoms with Crippen LogP contribution in [0.25, 0.3) is 0 Å². The highest BCUT2D eigenvalue weighted by molar-refractivity contribution is 5.03. The van der Waals surface area contributed by atoms with Crippen LogP contribution in [0.4, 0.5) is 0 Å².